The normalized spacial score (nSPS) is 11.2. The second kappa shape index (κ2) is 6.38. The minimum atomic E-state index is -0.842. The number of hydrogen-bond donors (Lipinski definition) is 2. The van der Waals surface area contributed by atoms with Gasteiger partial charge in [0.25, 0.3) is 0 Å². The van der Waals surface area contributed by atoms with Crippen molar-refractivity contribution in [2.45, 2.75) is 20.5 Å². The summed E-state index contributed by atoms with van der Waals surface area (Å²) in [6.45, 7) is 3.69. The van der Waals surface area contributed by atoms with Gasteiger partial charge in [-0.15, -0.1) is 0 Å². The highest BCUT2D eigenvalue weighted by atomic mass is 19.1. The fourth-order valence-corrected chi connectivity index (χ4v) is 1.39. The van der Waals surface area contributed by atoms with Gasteiger partial charge in [0.2, 0.25) is 0 Å². The molecule has 1 aromatic rings. The van der Waals surface area contributed by atoms with Crippen LogP contribution < -0.4 is 10.5 Å². The third-order valence-electron chi connectivity index (χ3n) is 2.42. The Morgan fingerprint density at radius 3 is 2.68 bits per heavy atom. The van der Waals surface area contributed by atoms with Crippen LogP contribution in [0.15, 0.2) is 18.2 Å². The molecule has 106 valence electrons. The minimum absolute atomic E-state index is 0.109. The summed E-state index contributed by atoms with van der Waals surface area (Å²) >= 11 is 0. The number of nitrogens with two attached hydrogens (primary N) is 1. The predicted octanol–water partition coefficient (Wildman–Crippen LogP) is 1.82. The van der Waals surface area contributed by atoms with Gasteiger partial charge in [-0.05, 0) is 18.2 Å². The van der Waals surface area contributed by atoms with Crippen molar-refractivity contribution in [2.75, 3.05) is 13.2 Å². The standard InChI is InChI=1S/C13H18FNO4/c1-13(2,8-19-12(15)17)7-18-11-4-3-10(14)5-9(11)6-16/h3-5,16H,6-8H2,1-2H3,(H2,15,17). The molecule has 5 nitrogen and oxygen atoms in total. The summed E-state index contributed by atoms with van der Waals surface area (Å²) in [5.41, 5.74) is 4.81. The van der Waals surface area contributed by atoms with Crippen molar-refractivity contribution in [3.63, 3.8) is 0 Å². The van der Waals surface area contributed by atoms with Gasteiger partial charge < -0.3 is 20.3 Å². The van der Waals surface area contributed by atoms with Crippen LogP contribution in [0.2, 0.25) is 0 Å². The van der Waals surface area contributed by atoms with Crippen molar-refractivity contribution in [1.82, 2.24) is 0 Å². The Morgan fingerprint density at radius 1 is 1.42 bits per heavy atom. The summed E-state index contributed by atoms with van der Waals surface area (Å²) in [5.74, 6) is -0.0382. The maximum atomic E-state index is 13.0. The van der Waals surface area contributed by atoms with Gasteiger partial charge >= 0.3 is 6.09 Å². The van der Waals surface area contributed by atoms with E-state index >= 15 is 0 Å². The number of benzene rings is 1. The number of rotatable bonds is 6. The second-order valence-electron chi connectivity index (χ2n) is 4.97. The Bertz CT molecular complexity index is 448. The molecule has 19 heavy (non-hydrogen) atoms. The monoisotopic (exact) mass is 271 g/mol. The highest BCUT2D eigenvalue weighted by Crippen LogP contribution is 2.23. The van der Waals surface area contributed by atoms with E-state index in [1.165, 1.54) is 18.2 Å². The molecule has 1 amide bonds. The Hall–Kier alpha value is -1.82. The lowest BCUT2D eigenvalue weighted by Crippen LogP contribution is -2.30. The molecule has 0 unspecified atom stereocenters. The SMILES string of the molecule is CC(C)(COC(N)=O)COc1ccc(F)cc1CO. The van der Waals surface area contributed by atoms with Crippen molar-refractivity contribution in [2.24, 2.45) is 11.1 Å². The van der Waals surface area contributed by atoms with Crippen LogP contribution in [0.4, 0.5) is 9.18 Å². The highest BCUT2D eigenvalue weighted by molar-refractivity contribution is 5.64. The number of carbonyl (C=O) groups is 1. The molecule has 0 bridgehead atoms. The fraction of sp³-hybridized carbons (Fsp3) is 0.462. The van der Waals surface area contributed by atoms with Gasteiger partial charge in [-0.2, -0.15) is 0 Å². The van der Waals surface area contributed by atoms with Gasteiger partial charge in [-0.3, -0.25) is 0 Å². The van der Waals surface area contributed by atoms with Crippen LogP contribution in [0, 0.1) is 11.2 Å². The summed E-state index contributed by atoms with van der Waals surface area (Å²) in [4.78, 5) is 10.5. The molecule has 0 saturated carbocycles. The van der Waals surface area contributed by atoms with E-state index in [2.05, 4.69) is 0 Å². The third-order valence-corrected chi connectivity index (χ3v) is 2.42. The Kier molecular flexibility index (Phi) is 5.11. The van der Waals surface area contributed by atoms with Crippen LogP contribution in [-0.4, -0.2) is 24.4 Å². The lowest BCUT2D eigenvalue weighted by Gasteiger charge is -2.24. The topological polar surface area (TPSA) is 81.8 Å². The summed E-state index contributed by atoms with van der Waals surface area (Å²) in [6.07, 6.45) is -0.842. The van der Waals surface area contributed by atoms with Gasteiger partial charge in [-0.25, -0.2) is 9.18 Å². The number of primary amides is 1. The van der Waals surface area contributed by atoms with Crippen LogP contribution in [0.25, 0.3) is 0 Å². The average molecular weight is 271 g/mol. The van der Waals surface area contributed by atoms with Gasteiger partial charge in [-0.1, -0.05) is 13.8 Å². The number of amides is 1. The van der Waals surface area contributed by atoms with E-state index in [9.17, 15) is 9.18 Å². The first-order valence-corrected chi connectivity index (χ1v) is 5.78. The quantitative estimate of drug-likeness (QED) is 0.826. The Labute approximate surface area is 111 Å². The number of aliphatic hydroxyl groups excluding tert-OH is 1. The van der Waals surface area contributed by atoms with E-state index in [1.807, 2.05) is 13.8 Å². The smallest absolute Gasteiger partial charge is 0.404 e. The first-order valence-electron chi connectivity index (χ1n) is 5.78. The molecule has 0 aromatic heterocycles. The summed E-state index contributed by atoms with van der Waals surface area (Å²) in [5, 5.41) is 9.12. The van der Waals surface area contributed by atoms with Crippen molar-refractivity contribution >= 4 is 6.09 Å². The maximum absolute atomic E-state index is 13.0. The summed E-state index contributed by atoms with van der Waals surface area (Å²) in [7, 11) is 0. The second-order valence-corrected chi connectivity index (χ2v) is 4.97. The van der Waals surface area contributed by atoms with Gasteiger partial charge in [0.15, 0.2) is 0 Å². The highest BCUT2D eigenvalue weighted by Gasteiger charge is 2.21. The van der Waals surface area contributed by atoms with Crippen molar-refractivity contribution in [1.29, 1.82) is 0 Å². The molecule has 1 aromatic carbocycles. The molecule has 6 heteroatoms. The maximum Gasteiger partial charge on any atom is 0.404 e. The van der Waals surface area contributed by atoms with Gasteiger partial charge in [0.1, 0.15) is 18.2 Å². The molecule has 0 fully saturated rings. The lowest BCUT2D eigenvalue weighted by atomic mass is 9.96. The van der Waals surface area contributed by atoms with Gasteiger partial charge in [0.05, 0.1) is 13.2 Å². The molecule has 0 atom stereocenters. The van der Waals surface area contributed by atoms with Gasteiger partial charge in [0, 0.05) is 11.0 Å². The first kappa shape index (κ1) is 15.2. The van der Waals surface area contributed by atoms with E-state index in [4.69, 9.17) is 20.3 Å². The van der Waals surface area contributed by atoms with Crippen molar-refractivity contribution < 1.29 is 23.8 Å². The number of hydrogen-bond acceptors (Lipinski definition) is 4. The zero-order valence-electron chi connectivity index (χ0n) is 11.0. The molecule has 1 rings (SSSR count). The molecule has 0 spiro atoms. The average Bonchev–Trinajstić information content (AvgIpc) is 2.35. The van der Waals surface area contributed by atoms with Crippen LogP contribution >= 0.6 is 0 Å². The van der Waals surface area contributed by atoms with Crippen LogP contribution in [0.3, 0.4) is 0 Å². The zero-order chi connectivity index (χ0) is 14.5. The van der Waals surface area contributed by atoms with E-state index in [0.717, 1.165) is 0 Å². The van der Waals surface area contributed by atoms with Crippen LogP contribution in [0.5, 0.6) is 5.75 Å². The molecule has 3 N–H and O–H groups in total. The van der Waals surface area contributed by atoms with Crippen LogP contribution in [0.1, 0.15) is 19.4 Å². The Balaban J connectivity index is 2.63. The molecular formula is C13H18FNO4. The van der Waals surface area contributed by atoms with Crippen LogP contribution in [-0.2, 0) is 11.3 Å². The minimum Gasteiger partial charge on any atom is -0.493 e. The van der Waals surface area contributed by atoms with E-state index in [-0.39, 0.29) is 19.8 Å². The summed E-state index contributed by atoms with van der Waals surface area (Å²) in [6, 6.07) is 3.91. The molecule has 0 aliphatic rings. The van der Waals surface area contributed by atoms with E-state index < -0.39 is 17.3 Å². The van der Waals surface area contributed by atoms with Crippen molar-refractivity contribution in [3.05, 3.63) is 29.6 Å². The predicted molar refractivity (Wildman–Crippen MR) is 67.1 cm³/mol. The molecule has 0 radical (unpaired) electrons. The third kappa shape index (κ3) is 5.13. The largest absolute Gasteiger partial charge is 0.493 e. The number of aliphatic hydroxyl groups is 1. The number of halogens is 1. The zero-order valence-corrected chi connectivity index (χ0v) is 11.0. The summed E-state index contributed by atoms with van der Waals surface area (Å²) < 4.78 is 23.2. The molecule has 0 aliphatic heterocycles. The van der Waals surface area contributed by atoms with Crippen molar-refractivity contribution in [3.8, 4) is 5.75 Å². The molecule has 0 aliphatic carbocycles. The first-order chi connectivity index (χ1) is 8.84. The number of carbonyl (C=O) groups excluding carboxylic acids is 1. The molecule has 0 saturated heterocycles. The van der Waals surface area contributed by atoms with E-state index in [1.54, 1.807) is 0 Å². The number of ether oxygens (including phenoxy) is 2. The van der Waals surface area contributed by atoms with E-state index in [0.29, 0.717) is 11.3 Å². The Morgan fingerprint density at radius 2 is 2.11 bits per heavy atom. The fourth-order valence-electron chi connectivity index (χ4n) is 1.39. The molecular weight excluding hydrogens is 253 g/mol. The lowest BCUT2D eigenvalue weighted by molar-refractivity contribution is 0.0728. The molecule has 0 heterocycles.